The molecule has 4 atom stereocenters. The molecule has 0 spiro atoms. The van der Waals surface area contributed by atoms with Gasteiger partial charge < -0.3 is 10.2 Å². The van der Waals surface area contributed by atoms with Crippen molar-refractivity contribution in [3.63, 3.8) is 0 Å². The number of fused-ring (bicyclic) bond motifs is 1. The van der Waals surface area contributed by atoms with Crippen molar-refractivity contribution in [1.82, 2.24) is 0 Å². The number of hydrogen-bond acceptors (Lipinski definition) is 2. The summed E-state index contributed by atoms with van der Waals surface area (Å²) in [6, 6.07) is 0. The van der Waals surface area contributed by atoms with Gasteiger partial charge in [0, 0.05) is 0 Å². The molecule has 2 aliphatic carbocycles. The van der Waals surface area contributed by atoms with Crippen LogP contribution >= 0.6 is 0 Å². The Morgan fingerprint density at radius 1 is 1.38 bits per heavy atom. The van der Waals surface area contributed by atoms with E-state index in [0.29, 0.717) is 17.8 Å². The standard InChI is InChI=1S/C19H32O2/c1-6-18(4,21)12-15-14(13-20)8-9-16-17(2,3)10-7-11-19(15,16)5/h6,8,15-16,20-21H,1,7,9-13H2,2-5H3/t15-,16+,18+,19+/m1/s1. The monoisotopic (exact) mass is 292 g/mol. The van der Waals surface area contributed by atoms with E-state index in [4.69, 9.17) is 0 Å². The third-order valence-corrected chi connectivity index (χ3v) is 6.38. The highest BCUT2D eigenvalue weighted by Gasteiger charge is 2.53. The third kappa shape index (κ3) is 2.98. The van der Waals surface area contributed by atoms with Crippen LogP contribution in [0.5, 0.6) is 0 Å². The Morgan fingerprint density at radius 3 is 2.62 bits per heavy atom. The molecule has 0 radical (unpaired) electrons. The van der Waals surface area contributed by atoms with Crippen molar-refractivity contribution in [2.24, 2.45) is 22.7 Å². The minimum Gasteiger partial charge on any atom is -0.392 e. The van der Waals surface area contributed by atoms with Crippen LogP contribution in [0, 0.1) is 22.7 Å². The molecule has 2 heteroatoms. The molecule has 0 aromatic carbocycles. The average Bonchev–Trinajstić information content (AvgIpc) is 2.39. The molecule has 2 N–H and O–H groups in total. The minimum absolute atomic E-state index is 0.112. The Morgan fingerprint density at radius 2 is 2.05 bits per heavy atom. The Bertz CT molecular complexity index is 433. The van der Waals surface area contributed by atoms with E-state index in [1.54, 1.807) is 6.08 Å². The first-order valence-corrected chi connectivity index (χ1v) is 8.32. The first-order chi connectivity index (χ1) is 9.66. The van der Waals surface area contributed by atoms with Gasteiger partial charge in [-0.25, -0.2) is 0 Å². The number of rotatable bonds is 4. The van der Waals surface area contributed by atoms with Crippen LogP contribution in [0.15, 0.2) is 24.3 Å². The van der Waals surface area contributed by atoms with E-state index in [1.165, 1.54) is 19.3 Å². The van der Waals surface area contributed by atoms with Gasteiger partial charge in [0.25, 0.3) is 0 Å². The van der Waals surface area contributed by atoms with E-state index in [-0.39, 0.29) is 17.9 Å². The van der Waals surface area contributed by atoms with Crippen molar-refractivity contribution in [2.75, 3.05) is 6.61 Å². The smallest absolute Gasteiger partial charge is 0.0803 e. The van der Waals surface area contributed by atoms with Crippen LogP contribution in [-0.4, -0.2) is 22.4 Å². The van der Waals surface area contributed by atoms with Gasteiger partial charge in [-0.2, -0.15) is 0 Å². The lowest BCUT2D eigenvalue weighted by molar-refractivity contribution is -0.0596. The molecule has 0 aromatic heterocycles. The molecule has 0 unspecified atom stereocenters. The summed E-state index contributed by atoms with van der Waals surface area (Å²) < 4.78 is 0. The summed E-state index contributed by atoms with van der Waals surface area (Å²) in [4.78, 5) is 0. The summed E-state index contributed by atoms with van der Waals surface area (Å²) in [5, 5.41) is 20.3. The van der Waals surface area contributed by atoms with Crippen molar-refractivity contribution < 1.29 is 10.2 Å². The Kier molecular flexibility index (Phi) is 4.43. The van der Waals surface area contributed by atoms with Gasteiger partial charge in [-0.05, 0) is 60.8 Å². The SMILES string of the molecule is C=C[C@](C)(O)C[C@@H]1C(CO)=CC[C@H]2C(C)(C)CCC[C@@]12C. The van der Waals surface area contributed by atoms with Crippen LogP contribution in [-0.2, 0) is 0 Å². The minimum atomic E-state index is -0.870. The van der Waals surface area contributed by atoms with Gasteiger partial charge in [0.2, 0.25) is 0 Å². The topological polar surface area (TPSA) is 40.5 Å². The van der Waals surface area contributed by atoms with Gasteiger partial charge in [0.05, 0.1) is 12.2 Å². The highest BCUT2D eigenvalue weighted by atomic mass is 16.3. The second-order valence-electron chi connectivity index (χ2n) is 8.39. The summed E-state index contributed by atoms with van der Waals surface area (Å²) in [6.45, 7) is 12.9. The molecule has 2 rings (SSSR count). The number of aliphatic hydroxyl groups is 2. The van der Waals surface area contributed by atoms with E-state index in [2.05, 4.69) is 33.4 Å². The van der Waals surface area contributed by atoms with Crippen LogP contribution in [0.4, 0.5) is 0 Å². The average molecular weight is 292 g/mol. The summed E-state index contributed by atoms with van der Waals surface area (Å²) in [6.07, 6.45) is 9.31. The molecule has 0 amide bonds. The predicted molar refractivity (Wildman–Crippen MR) is 87.9 cm³/mol. The second-order valence-corrected chi connectivity index (χ2v) is 8.39. The molecule has 0 heterocycles. The van der Waals surface area contributed by atoms with Crippen LogP contribution in [0.2, 0.25) is 0 Å². The molecule has 0 bridgehead atoms. The first-order valence-electron chi connectivity index (χ1n) is 8.32. The van der Waals surface area contributed by atoms with Gasteiger partial charge in [-0.15, -0.1) is 6.58 Å². The molecule has 0 aromatic rings. The fraction of sp³-hybridized carbons (Fsp3) is 0.789. The highest BCUT2D eigenvalue weighted by molar-refractivity contribution is 5.21. The Labute approximate surface area is 130 Å². The molecular weight excluding hydrogens is 260 g/mol. The lowest BCUT2D eigenvalue weighted by Crippen LogP contribution is -2.50. The van der Waals surface area contributed by atoms with Gasteiger partial charge >= 0.3 is 0 Å². The maximum atomic E-state index is 10.5. The summed E-state index contributed by atoms with van der Waals surface area (Å²) >= 11 is 0. The van der Waals surface area contributed by atoms with Crippen LogP contribution < -0.4 is 0 Å². The van der Waals surface area contributed by atoms with Crippen LogP contribution in [0.1, 0.15) is 59.8 Å². The van der Waals surface area contributed by atoms with Crippen LogP contribution in [0.25, 0.3) is 0 Å². The maximum Gasteiger partial charge on any atom is 0.0803 e. The molecule has 120 valence electrons. The second kappa shape index (κ2) is 5.55. The lowest BCUT2D eigenvalue weighted by Gasteiger charge is -2.57. The largest absolute Gasteiger partial charge is 0.392 e. The molecule has 1 saturated carbocycles. The molecule has 2 nitrogen and oxygen atoms in total. The maximum absolute atomic E-state index is 10.5. The van der Waals surface area contributed by atoms with Crippen molar-refractivity contribution in [2.45, 2.75) is 65.4 Å². The van der Waals surface area contributed by atoms with Gasteiger partial charge in [-0.3, -0.25) is 0 Å². The van der Waals surface area contributed by atoms with E-state index in [0.717, 1.165) is 12.0 Å². The van der Waals surface area contributed by atoms with Gasteiger partial charge in [0.15, 0.2) is 0 Å². The predicted octanol–water partition coefficient (Wildman–Crippen LogP) is 4.08. The van der Waals surface area contributed by atoms with Crippen molar-refractivity contribution in [3.05, 3.63) is 24.3 Å². The zero-order chi connectivity index (χ0) is 15.9. The van der Waals surface area contributed by atoms with Crippen LogP contribution in [0.3, 0.4) is 0 Å². The third-order valence-electron chi connectivity index (χ3n) is 6.38. The van der Waals surface area contributed by atoms with E-state index in [9.17, 15) is 10.2 Å². The molecule has 1 fully saturated rings. The molecule has 21 heavy (non-hydrogen) atoms. The van der Waals surface area contributed by atoms with Crippen molar-refractivity contribution in [3.8, 4) is 0 Å². The first kappa shape index (κ1) is 16.8. The molecular formula is C19H32O2. The van der Waals surface area contributed by atoms with E-state index in [1.807, 2.05) is 6.92 Å². The zero-order valence-corrected chi connectivity index (χ0v) is 14.2. The van der Waals surface area contributed by atoms with Gasteiger partial charge in [-0.1, -0.05) is 39.3 Å². The highest BCUT2D eigenvalue weighted by Crippen LogP contribution is 2.60. The Balaban J connectivity index is 2.40. The van der Waals surface area contributed by atoms with Crippen molar-refractivity contribution in [1.29, 1.82) is 0 Å². The van der Waals surface area contributed by atoms with Gasteiger partial charge in [0.1, 0.15) is 0 Å². The molecule has 2 aliphatic rings. The van der Waals surface area contributed by atoms with E-state index < -0.39 is 5.60 Å². The molecule has 0 saturated heterocycles. The zero-order valence-electron chi connectivity index (χ0n) is 14.2. The number of allylic oxidation sites excluding steroid dienone is 1. The summed E-state index contributed by atoms with van der Waals surface area (Å²) in [7, 11) is 0. The quantitative estimate of drug-likeness (QED) is 0.766. The molecule has 0 aliphatic heterocycles. The Hall–Kier alpha value is -0.600. The summed E-state index contributed by atoms with van der Waals surface area (Å²) in [5.74, 6) is 0.869. The summed E-state index contributed by atoms with van der Waals surface area (Å²) in [5.41, 5.74) is 0.754. The number of aliphatic hydroxyl groups excluding tert-OH is 1. The fourth-order valence-electron chi connectivity index (χ4n) is 5.04. The van der Waals surface area contributed by atoms with Crippen molar-refractivity contribution >= 4 is 0 Å². The van der Waals surface area contributed by atoms with E-state index >= 15 is 0 Å². The fourth-order valence-corrected chi connectivity index (χ4v) is 5.04. The number of hydrogen-bond donors (Lipinski definition) is 2. The lowest BCUT2D eigenvalue weighted by atomic mass is 9.47. The normalized spacial score (nSPS) is 38.1.